The number of carbonyl (C=O) groups is 1. The Labute approximate surface area is 145 Å². The number of amides is 1. The molecule has 0 aliphatic rings. The van der Waals surface area contributed by atoms with Crippen LogP contribution in [-0.2, 0) is 0 Å². The quantitative estimate of drug-likeness (QED) is 0.605. The summed E-state index contributed by atoms with van der Waals surface area (Å²) in [6, 6.07) is 13.3. The van der Waals surface area contributed by atoms with E-state index >= 15 is 0 Å². The molecule has 0 radical (unpaired) electrons. The number of carbonyl (C=O) groups excluding carboxylic acids is 1. The number of non-ortho nitro benzene ring substituents is 1. The molecule has 24 heavy (non-hydrogen) atoms. The molecule has 0 saturated carbocycles. The van der Waals surface area contributed by atoms with E-state index < -0.39 is 10.8 Å². The predicted octanol–water partition coefficient (Wildman–Crippen LogP) is 4.77. The van der Waals surface area contributed by atoms with Crippen molar-refractivity contribution in [1.29, 1.82) is 0 Å². The number of hydrogen-bond acceptors (Lipinski definition) is 3. The number of nitro benzene ring substituents is 1. The van der Waals surface area contributed by atoms with Crippen molar-refractivity contribution < 1.29 is 9.72 Å². The van der Waals surface area contributed by atoms with E-state index in [9.17, 15) is 14.9 Å². The second kappa shape index (κ2) is 7.93. The minimum atomic E-state index is -0.546. The lowest BCUT2D eigenvalue weighted by molar-refractivity contribution is -0.384. The summed E-state index contributed by atoms with van der Waals surface area (Å²) in [5, 5.41) is 14.0. The van der Waals surface area contributed by atoms with Crippen molar-refractivity contribution in [2.75, 3.05) is 0 Å². The third-order valence-corrected chi connectivity index (χ3v) is 3.95. The van der Waals surface area contributed by atoms with Crippen LogP contribution in [0.15, 0.2) is 48.5 Å². The number of rotatable bonds is 6. The van der Waals surface area contributed by atoms with E-state index in [4.69, 9.17) is 11.6 Å². The minimum absolute atomic E-state index is 0.107. The molecule has 2 rings (SSSR count). The molecule has 0 aliphatic carbocycles. The molecule has 1 amide bonds. The Hall–Kier alpha value is -2.40. The van der Waals surface area contributed by atoms with Gasteiger partial charge in [-0.25, -0.2) is 0 Å². The maximum absolute atomic E-state index is 12.6. The van der Waals surface area contributed by atoms with E-state index in [1.54, 1.807) is 0 Å². The molecule has 0 spiro atoms. The van der Waals surface area contributed by atoms with Crippen LogP contribution >= 0.6 is 11.6 Å². The number of halogens is 1. The van der Waals surface area contributed by atoms with Gasteiger partial charge in [-0.2, -0.15) is 0 Å². The molecule has 5 nitrogen and oxygen atoms in total. The first-order valence-electron chi connectivity index (χ1n) is 7.68. The maximum atomic E-state index is 12.6. The van der Waals surface area contributed by atoms with Crippen molar-refractivity contribution in [1.82, 2.24) is 5.32 Å². The van der Waals surface area contributed by atoms with E-state index in [2.05, 4.69) is 19.2 Å². The van der Waals surface area contributed by atoms with Gasteiger partial charge >= 0.3 is 0 Å². The minimum Gasteiger partial charge on any atom is -0.345 e. The molecule has 0 fully saturated rings. The zero-order valence-corrected chi connectivity index (χ0v) is 14.3. The Morgan fingerprint density at radius 3 is 2.46 bits per heavy atom. The van der Waals surface area contributed by atoms with Crippen molar-refractivity contribution in [3.63, 3.8) is 0 Å². The van der Waals surface area contributed by atoms with Crippen LogP contribution in [-0.4, -0.2) is 10.8 Å². The average Bonchev–Trinajstić information content (AvgIpc) is 2.54. The van der Waals surface area contributed by atoms with Crippen LogP contribution in [0.2, 0.25) is 5.02 Å². The molecule has 0 heterocycles. The monoisotopic (exact) mass is 346 g/mol. The Bertz CT molecular complexity index is 732. The molecule has 1 N–H and O–H groups in total. The van der Waals surface area contributed by atoms with Gasteiger partial charge in [0.15, 0.2) is 0 Å². The Balaban J connectivity index is 2.28. The average molecular weight is 347 g/mol. The molecule has 0 unspecified atom stereocenters. The smallest absolute Gasteiger partial charge is 0.270 e. The summed E-state index contributed by atoms with van der Waals surface area (Å²) in [7, 11) is 0. The molecule has 0 aliphatic heterocycles. The van der Waals surface area contributed by atoms with Gasteiger partial charge in [0.25, 0.3) is 11.6 Å². The van der Waals surface area contributed by atoms with Crippen LogP contribution in [0, 0.1) is 16.0 Å². The van der Waals surface area contributed by atoms with Gasteiger partial charge in [-0.1, -0.05) is 55.8 Å². The van der Waals surface area contributed by atoms with Crippen LogP contribution in [0.5, 0.6) is 0 Å². The normalized spacial score (nSPS) is 12.0. The molecule has 2 aromatic carbocycles. The highest BCUT2D eigenvalue weighted by molar-refractivity contribution is 6.33. The fourth-order valence-electron chi connectivity index (χ4n) is 2.47. The number of nitro groups is 1. The Morgan fingerprint density at radius 2 is 1.88 bits per heavy atom. The SMILES string of the molecule is CC(C)C[C@@H](NC(=O)c1cc([N+](=O)[O-])ccc1Cl)c1ccccc1. The van der Waals surface area contributed by atoms with E-state index in [1.807, 2.05) is 30.3 Å². The van der Waals surface area contributed by atoms with Gasteiger partial charge in [-0.3, -0.25) is 14.9 Å². The molecule has 1 atom stereocenters. The highest BCUT2D eigenvalue weighted by Crippen LogP contribution is 2.25. The Kier molecular flexibility index (Phi) is 5.93. The summed E-state index contributed by atoms with van der Waals surface area (Å²) >= 11 is 6.05. The number of nitrogens with zero attached hydrogens (tertiary/aromatic N) is 1. The van der Waals surface area contributed by atoms with Crippen LogP contribution in [0.25, 0.3) is 0 Å². The fourth-order valence-corrected chi connectivity index (χ4v) is 2.68. The van der Waals surface area contributed by atoms with Gasteiger partial charge in [0.05, 0.1) is 21.6 Å². The predicted molar refractivity (Wildman–Crippen MR) is 94.2 cm³/mol. The molecule has 6 heteroatoms. The molecule has 126 valence electrons. The van der Waals surface area contributed by atoms with E-state index in [0.29, 0.717) is 5.92 Å². The summed E-state index contributed by atoms with van der Waals surface area (Å²) in [6.07, 6.45) is 0.752. The molecule has 0 saturated heterocycles. The van der Waals surface area contributed by atoms with Crippen LogP contribution in [0.3, 0.4) is 0 Å². The summed E-state index contributed by atoms with van der Waals surface area (Å²) in [5.41, 5.74) is 0.932. The lowest BCUT2D eigenvalue weighted by Gasteiger charge is -2.21. The zero-order valence-electron chi connectivity index (χ0n) is 13.5. The van der Waals surface area contributed by atoms with Crippen molar-refractivity contribution >= 4 is 23.2 Å². The van der Waals surface area contributed by atoms with E-state index in [1.165, 1.54) is 18.2 Å². The van der Waals surface area contributed by atoms with E-state index in [0.717, 1.165) is 12.0 Å². The van der Waals surface area contributed by atoms with Crippen molar-refractivity contribution in [2.24, 2.45) is 5.92 Å². The van der Waals surface area contributed by atoms with Gasteiger partial charge in [0, 0.05) is 12.1 Å². The fraction of sp³-hybridized carbons (Fsp3) is 0.278. The van der Waals surface area contributed by atoms with Gasteiger partial charge in [-0.05, 0) is 24.0 Å². The van der Waals surface area contributed by atoms with Crippen molar-refractivity contribution in [3.8, 4) is 0 Å². The zero-order chi connectivity index (χ0) is 17.7. The topological polar surface area (TPSA) is 72.2 Å². The second-order valence-electron chi connectivity index (χ2n) is 5.99. The highest BCUT2D eigenvalue weighted by Gasteiger charge is 2.20. The van der Waals surface area contributed by atoms with Crippen molar-refractivity contribution in [3.05, 3.63) is 74.8 Å². The summed E-state index contributed by atoms with van der Waals surface area (Å²) < 4.78 is 0. The first-order chi connectivity index (χ1) is 11.4. The maximum Gasteiger partial charge on any atom is 0.270 e. The third kappa shape index (κ3) is 4.55. The lowest BCUT2D eigenvalue weighted by Crippen LogP contribution is -2.29. The van der Waals surface area contributed by atoms with Gasteiger partial charge in [-0.15, -0.1) is 0 Å². The molecular weight excluding hydrogens is 328 g/mol. The summed E-state index contributed by atoms with van der Waals surface area (Å²) in [5.74, 6) is -0.0470. The van der Waals surface area contributed by atoms with Gasteiger partial charge < -0.3 is 5.32 Å². The molecule has 2 aromatic rings. The summed E-state index contributed by atoms with van der Waals surface area (Å²) in [4.78, 5) is 22.9. The lowest BCUT2D eigenvalue weighted by atomic mass is 9.96. The standard InChI is InChI=1S/C18H19ClN2O3/c1-12(2)10-17(13-6-4-3-5-7-13)20-18(22)15-11-14(21(23)24)8-9-16(15)19/h3-9,11-12,17H,10H2,1-2H3,(H,20,22)/t17-/m1/s1. The first kappa shape index (κ1) is 17.9. The highest BCUT2D eigenvalue weighted by atomic mass is 35.5. The number of nitrogens with one attached hydrogen (secondary N) is 1. The molecule has 0 aromatic heterocycles. The van der Waals surface area contributed by atoms with Crippen LogP contribution < -0.4 is 5.32 Å². The van der Waals surface area contributed by atoms with Crippen LogP contribution in [0.1, 0.15) is 42.2 Å². The largest absolute Gasteiger partial charge is 0.345 e. The summed E-state index contributed by atoms with van der Waals surface area (Å²) in [6.45, 7) is 4.14. The van der Waals surface area contributed by atoms with Gasteiger partial charge in [0.1, 0.15) is 0 Å². The van der Waals surface area contributed by atoms with Crippen molar-refractivity contribution in [2.45, 2.75) is 26.3 Å². The third-order valence-electron chi connectivity index (χ3n) is 3.62. The van der Waals surface area contributed by atoms with E-state index in [-0.39, 0.29) is 22.3 Å². The molecular formula is C18H19ClN2O3. The van der Waals surface area contributed by atoms with Crippen LogP contribution in [0.4, 0.5) is 5.69 Å². The number of benzene rings is 2. The Morgan fingerprint density at radius 1 is 1.21 bits per heavy atom. The second-order valence-corrected chi connectivity index (χ2v) is 6.39. The first-order valence-corrected chi connectivity index (χ1v) is 8.06. The molecule has 0 bridgehead atoms. The number of hydrogen-bond donors (Lipinski definition) is 1. The van der Waals surface area contributed by atoms with Gasteiger partial charge in [0.2, 0.25) is 0 Å².